The van der Waals surface area contributed by atoms with E-state index in [-0.39, 0.29) is 40.8 Å². The number of carbonyl (C=O) groups is 4. The number of aliphatic carboxylic acids is 1. The molecule has 1 fully saturated rings. The molecule has 0 aromatic heterocycles. The van der Waals surface area contributed by atoms with Gasteiger partial charge in [0.2, 0.25) is 0 Å². The summed E-state index contributed by atoms with van der Waals surface area (Å²) in [7, 11) is 0. The summed E-state index contributed by atoms with van der Waals surface area (Å²) >= 11 is 0. The van der Waals surface area contributed by atoms with Gasteiger partial charge in [-0.05, 0) is 73.2 Å². The van der Waals surface area contributed by atoms with Gasteiger partial charge in [-0.15, -0.1) is 13.2 Å². The normalized spacial score (nSPS) is 14.4. The van der Waals surface area contributed by atoms with Crippen LogP contribution >= 0.6 is 0 Å². The van der Waals surface area contributed by atoms with Crippen LogP contribution in [0.1, 0.15) is 93.6 Å². The van der Waals surface area contributed by atoms with Crippen molar-refractivity contribution in [1.82, 2.24) is 5.32 Å². The van der Waals surface area contributed by atoms with Gasteiger partial charge in [0.15, 0.2) is 11.6 Å². The van der Waals surface area contributed by atoms with Gasteiger partial charge in [-0.2, -0.15) is 0 Å². The van der Waals surface area contributed by atoms with E-state index in [0.29, 0.717) is 11.5 Å². The second-order valence-corrected chi connectivity index (χ2v) is 10.7. The summed E-state index contributed by atoms with van der Waals surface area (Å²) in [5, 5.41) is 11.3. The zero-order chi connectivity index (χ0) is 31.9. The summed E-state index contributed by atoms with van der Waals surface area (Å²) in [5.74, 6) is -2.61. The summed E-state index contributed by atoms with van der Waals surface area (Å²) in [6, 6.07) is 17.8. The van der Waals surface area contributed by atoms with E-state index in [0.717, 1.165) is 43.4 Å². The van der Waals surface area contributed by atoms with E-state index in [1.54, 1.807) is 12.1 Å². The van der Waals surface area contributed by atoms with Crippen LogP contribution in [0.4, 0.5) is 13.2 Å². The van der Waals surface area contributed by atoms with E-state index < -0.39 is 35.6 Å². The molecule has 3 aromatic carbocycles. The second-order valence-electron chi connectivity index (χ2n) is 10.7. The Kier molecular flexibility index (Phi) is 10.4. The third kappa shape index (κ3) is 8.43. The van der Waals surface area contributed by atoms with Crippen molar-refractivity contribution in [2.24, 2.45) is 0 Å². The van der Waals surface area contributed by atoms with Gasteiger partial charge in [0.1, 0.15) is 5.75 Å². The Hall–Kier alpha value is -4.73. The molecule has 1 aliphatic carbocycles. The molecule has 0 spiro atoms. The maximum Gasteiger partial charge on any atom is 0.573 e. The van der Waals surface area contributed by atoms with Gasteiger partial charge in [-0.3, -0.25) is 19.2 Å². The lowest BCUT2D eigenvalue weighted by Crippen LogP contribution is -2.26. The first-order valence-electron chi connectivity index (χ1n) is 14.3. The molecule has 230 valence electrons. The van der Waals surface area contributed by atoms with Crippen LogP contribution in [-0.4, -0.2) is 41.5 Å². The quantitative estimate of drug-likeness (QED) is 0.174. The molecule has 3 aromatic rings. The van der Waals surface area contributed by atoms with Crippen LogP contribution in [0.5, 0.6) is 5.75 Å². The Balaban J connectivity index is 1.66. The fourth-order valence-electron chi connectivity index (χ4n) is 5.32. The largest absolute Gasteiger partial charge is 0.573 e. The van der Waals surface area contributed by atoms with Gasteiger partial charge >= 0.3 is 12.3 Å². The van der Waals surface area contributed by atoms with Crippen LogP contribution in [0.3, 0.4) is 0 Å². The number of amides is 1. The summed E-state index contributed by atoms with van der Waals surface area (Å²) in [5.41, 5.74) is 2.40. The molecule has 7 nitrogen and oxygen atoms in total. The van der Waals surface area contributed by atoms with Crippen LogP contribution < -0.4 is 10.1 Å². The standard InChI is InChI=1S/C34H32F3NO6/c1-21(31(41)25-15-17-28(18-16-25)44-34(35,36)37)30(24-9-7-23(8-10-24)22-5-3-2-4-6-22)32(42)26-11-13-27(14-12-26)33(43)38-20-19-29(39)40/h7-18,22H,2-6,19-20H2,1H3,(H,38,43)(H,39,40)/b30-21+. The lowest BCUT2D eigenvalue weighted by molar-refractivity contribution is -0.274. The number of hydrogen-bond donors (Lipinski definition) is 2. The fourth-order valence-corrected chi connectivity index (χ4v) is 5.32. The average molecular weight is 608 g/mol. The molecule has 0 atom stereocenters. The number of hydrogen-bond acceptors (Lipinski definition) is 5. The number of Topliss-reactive ketones (excluding diaryl/α,β-unsaturated/α-hetero) is 2. The molecule has 1 amide bonds. The Labute approximate surface area is 252 Å². The lowest BCUT2D eigenvalue weighted by Gasteiger charge is -2.22. The molecule has 0 heterocycles. The molecule has 0 bridgehead atoms. The van der Waals surface area contributed by atoms with E-state index >= 15 is 0 Å². The first-order valence-corrected chi connectivity index (χ1v) is 14.3. The van der Waals surface area contributed by atoms with Crippen LogP contribution in [-0.2, 0) is 4.79 Å². The number of ketones is 2. The van der Waals surface area contributed by atoms with Gasteiger partial charge in [0.05, 0.1) is 6.42 Å². The zero-order valence-electron chi connectivity index (χ0n) is 24.1. The second kappa shape index (κ2) is 14.2. The Bertz CT molecular complexity index is 1540. The minimum atomic E-state index is -4.88. The summed E-state index contributed by atoms with van der Waals surface area (Å²) in [6.07, 6.45) is 0.587. The molecule has 0 radical (unpaired) electrons. The Morgan fingerprint density at radius 2 is 1.30 bits per heavy atom. The predicted molar refractivity (Wildman–Crippen MR) is 158 cm³/mol. The number of alkyl halides is 3. The minimum absolute atomic E-state index is 0.0524. The molecule has 0 aliphatic heterocycles. The Morgan fingerprint density at radius 3 is 1.86 bits per heavy atom. The molecule has 44 heavy (non-hydrogen) atoms. The molecule has 2 N–H and O–H groups in total. The van der Waals surface area contributed by atoms with Crippen molar-refractivity contribution in [1.29, 1.82) is 0 Å². The molecule has 4 rings (SSSR count). The van der Waals surface area contributed by atoms with Gasteiger partial charge in [-0.1, -0.05) is 55.7 Å². The minimum Gasteiger partial charge on any atom is -0.481 e. The smallest absolute Gasteiger partial charge is 0.481 e. The van der Waals surface area contributed by atoms with Crippen LogP contribution in [0.2, 0.25) is 0 Å². The average Bonchev–Trinajstić information content (AvgIpc) is 3.01. The molecular weight excluding hydrogens is 575 g/mol. The first kappa shape index (κ1) is 32.2. The summed E-state index contributed by atoms with van der Waals surface area (Å²) in [4.78, 5) is 50.5. The van der Waals surface area contributed by atoms with Gasteiger partial charge in [-0.25, -0.2) is 0 Å². The number of nitrogens with one attached hydrogen (secondary N) is 1. The number of halogens is 3. The zero-order valence-corrected chi connectivity index (χ0v) is 24.1. The number of carbonyl (C=O) groups excluding carboxylic acids is 3. The number of allylic oxidation sites excluding steroid dienone is 2. The molecular formula is C34H32F3NO6. The highest BCUT2D eigenvalue weighted by atomic mass is 19.4. The number of carboxylic acid groups (broad SMARTS) is 1. The van der Waals surface area contributed by atoms with Crippen LogP contribution in [0, 0.1) is 0 Å². The van der Waals surface area contributed by atoms with E-state index in [1.807, 2.05) is 12.1 Å². The predicted octanol–water partition coefficient (Wildman–Crippen LogP) is 7.38. The highest BCUT2D eigenvalue weighted by Crippen LogP contribution is 2.34. The third-order valence-corrected chi connectivity index (χ3v) is 7.60. The molecule has 0 saturated heterocycles. The maximum absolute atomic E-state index is 13.9. The Morgan fingerprint density at radius 1 is 0.773 bits per heavy atom. The molecule has 10 heteroatoms. The maximum atomic E-state index is 13.9. The number of benzene rings is 3. The van der Waals surface area contributed by atoms with Gasteiger partial charge in [0, 0.05) is 34.4 Å². The van der Waals surface area contributed by atoms with Gasteiger partial charge < -0.3 is 15.2 Å². The molecule has 0 unspecified atom stereocenters. The monoisotopic (exact) mass is 607 g/mol. The number of ether oxygens (including phenoxy) is 1. The lowest BCUT2D eigenvalue weighted by atomic mass is 9.83. The van der Waals surface area contributed by atoms with Crippen LogP contribution in [0.15, 0.2) is 78.4 Å². The third-order valence-electron chi connectivity index (χ3n) is 7.60. The van der Waals surface area contributed by atoms with Crippen molar-refractivity contribution in [2.75, 3.05) is 6.54 Å². The van der Waals surface area contributed by atoms with Crippen molar-refractivity contribution in [2.45, 2.75) is 57.7 Å². The SMILES string of the molecule is C/C(C(=O)c1ccc(OC(F)(F)F)cc1)=C(\C(=O)c1ccc(C(=O)NCCC(=O)O)cc1)c1ccc(C2CCCCC2)cc1. The number of rotatable bonds is 11. The van der Waals surface area contributed by atoms with Crippen molar-refractivity contribution in [3.05, 3.63) is 106 Å². The van der Waals surface area contributed by atoms with E-state index in [2.05, 4.69) is 10.1 Å². The van der Waals surface area contributed by atoms with Crippen molar-refractivity contribution >= 4 is 29.0 Å². The van der Waals surface area contributed by atoms with Gasteiger partial charge in [0.25, 0.3) is 5.91 Å². The first-order chi connectivity index (χ1) is 20.9. The summed E-state index contributed by atoms with van der Waals surface area (Å²) in [6.45, 7) is 1.44. The van der Waals surface area contributed by atoms with Crippen molar-refractivity contribution in [3.63, 3.8) is 0 Å². The van der Waals surface area contributed by atoms with Crippen molar-refractivity contribution in [3.8, 4) is 5.75 Å². The van der Waals surface area contributed by atoms with Crippen molar-refractivity contribution < 1.29 is 42.2 Å². The topological polar surface area (TPSA) is 110 Å². The summed E-state index contributed by atoms with van der Waals surface area (Å²) < 4.78 is 41.7. The van der Waals surface area contributed by atoms with Crippen LogP contribution in [0.25, 0.3) is 5.57 Å². The van der Waals surface area contributed by atoms with E-state index in [1.165, 1.54) is 49.7 Å². The number of carboxylic acids is 1. The highest BCUT2D eigenvalue weighted by Gasteiger charge is 2.31. The molecule has 1 aliphatic rings. The highest BCUT2D eigenvalue weighted by molar-refractivity contribution is 6.34. The molecule has 1 saturated carbocycles. The van der Waals surface area contributed by atoms with E-state index in [9.17, 15) is 32.3 Å². The van der Waals surface area contributed by atoms with E-state index in [4.69, 9.17) is 5.11 Å². The fraction of sp³-hybridized carbons (Fsp3) is 0.294.